The second-order valence-corrected chi connectivity index (χ2v) is 5.60. The molecule has 19 heavy (non-hydrogen) atoms. The lowest BCUT2D eigenvalue weighted by molar-refractivity contribution is -0.141. The molecule has 2 rings (SSSR count). The van der Waals surface area contributed by atoms with Gasteiger partial charge < -0.3 is 10.0 Å². The number of likely N-dealkylation sites (N-methyl/N-ethyl adjacent to an activating group) is 1. The summed E-state index contributed by atoms with van der Waals surface area (Å²) < 4.78 is 0.909. The average Bonchev–Trinajstić information content (AvgIpc) is 2.74. The van der Waals surface area contributed by atoms with Gasteiger partial charge in [-0.1, -0.05) is 29.8 Å². The summed E-state index contributed by atoms with van der Waals surface area (Å²) in [6.07, 6.45) is 0. The van der Waals surface area contributed by atoms with Crippen LogP contribution in [0.25, 0.3) is 10.1 Å². The van der Waals surface area contributed by atoms with E-state index in [1.54, 1.807) is 0 Å². The molecule has 0 spiro atoms. The Labute approximate surface area is 119 Å². The molecule has 1 amide bonds. The predicted molar refractivity (Wildman–Crippen MR) is 76.0 cm³/mol. The van der Waals surface area contributed by atoms with E-state index in [9.17, 15) is 9.59 Å². The molecule has 0 aliphatic rings. The first kappa shape index (κ1) is 13.8. The SMILES string of the molecule is CC(C(=O)O)N(C)C(=O)c1sc2ccccc2c1Cl. The highest BCUT2D eigenvalue weighted by molar-refractivity contribution is 7.21. The van der Waals surface area contributed by atoms with Crippen molar-refractivity contribution in [3.05, 3.63) is 34.2 Å². The molecule has 0 saturated heterocycles. The summed E-state index contributed by atoms with van der Waals surface area (Å²) in [7, 11) is 1.46. The molecule has 0 radical (unpaired) electrons. The maximum atomic E-state index is 12.3. The normalized spacial score (nSPS) is 12.4. The zero-order chi connectivity index (χ0) is 14.2. The van der Waals surface area contributed by atoms with Gasteiger partial charge in [-0.15, -0.1) is 11.3 Å². The molecule has 0 aliphatic carbocycles. The lowest BCUT2D eigenvalue weighted by Crippen LogP contribution is -2.40. The number of hydrogen-bond acceptors (Lipinski definition) is 3. The molecule has 2 aromatic rings. The number of halogens is 1. The Morgan fingerprint density at radius 1 is 1.37 bits per heavy atom. The highest BCUT2D eigenvalue weighted by Gasteiger charge is 2.26. The van der Waals surface area contributed by atoms with Crippen LogP contribution in [0.3, 0.4) is 0 Å². The quantitative estimate of drug-likeness (QED) is 0.947. The number of carboxylic acid groups (broad SMARTS) is 1. The molecule has 4 nitrogen and oxygen atoms in total. The summed E-state index contributed by atoms with van der Waals surface area (Å²) in [5.41, 5.74) is 0. The van der Waals surface area contributed by atoms with Crippen LogP contribution in [0.4, 0.5) is 0 Å². The largest absolute Gasteiger partial charge is 0.480 e. The van der Waals surface area contributed by atoms with Gasteiger partial charge in [0.2, 0.25) is 0 Å². The van der Waals surface area contributed by atoms with E-state index in [0.29, 0.717) is 9.90 Å². The lowest BCUT2D eigenvalue weighted by atomic mass is 10.2. The van der Waals surface area contributed by atoms with Crippen LogP contribution in [0.2, 0.25) is 5.02 Å². The second kappa shape index (κ2) is 5.19. The molecule has 6 heteroatoms. The van der Waals surface area contributed by atoms with E-state index in [1.165, 1.54) is 30.2 Å². The minimum atomic E-state index is -1.05. The van der Waals surface area contributed by atoms with Crippen molar-refractivity contribution < 1.29 is 14.7 Å². The van der Waals surface area contributed by atoms with Gasteiger partial charge in [0.1, 0.15) is 10.9 Å². The molecule has 0 saturated carbocycles. The van der Waals surface area contributed by atoms with E-state index in [-0.39, 0.29) is 5.91 Å². The van der Waals surface area contributed by atoms with Crippen LogP contribution >= 0.6 is 22.9 Å². The second-order valence-electron chi connectivity index (χ2n) is 4.17. The summed E-state index contributed by atoms with van der Waals surface area (Å²) >= 11 is 7.47. The number of nitrogens with zero attached hydrogens (tertiary/aromatic N) is 1. The summed E-state index contributed by atoms with van der Waals surface area (Å²) in [6.45, 7) is 1.46. The maximum Gasteiger partial charge on any atom is 0.326 e. The molecular weight excluding hydrogens is 286 g/mol. The minimum Gasteiger partial charge on any atom is -0.480 e. The number of aliphatic carboxylic acids is 1. The molecule has 100 valence electrons. The first-order valence-corrected chi connectivity index (χ1v) is 6.80. The highest BCUT2D eigenvalue weighted by Crippen LogP contribution is 2.35. The van der Waals surface area contributed by atoms with Crippen LogP contribution in [0.5, 0.6) is 0 Å². The van der Waals surface area contributed by atoms with E-state index in [4.69, 9.17) is 16.7 Å². The Kier molecular flexibility index (Phi) is 3.78. The maximum absolute atomic E-state index is 12.3. The van der Waals surface area contributed by atoms with Gasteiger partial charge in [-0.25, -0.2) is 4.79 Å². The first-order valence-electron chi connectivity index (χ1n) is 5.60. The van der Waals surface area contributed by atoms with Gasteiger partial charge in [0.05, 0.1) is 5.02 Å². The Morgan fingerprint density at radius 2 is 2.00 bits per heavy atom. The number of benzene rings is 1. The molecule has 1 atom stereocenters. The van der Waals surface area contributed by atoms with Crippen LogP contribution in [-0.4, -0.2) is 35.0 Å². The molecule has 0 aliphatic heterocycles. The zero-order valence-corrected chi connectivity index (χ0v) is 12.0. The standard InChI is InChI=1S/C13H12ClNO3S/c1-7(13(17)18)15(2)12(16)11-10(14)8-5-3-4-6-9(8)19-11/h3-7H,1-2H3,(H,17,18). The monoisotopic (exact) mass is 297 g/mol. The Morgan fingerprint density at radius 3 is 2.58 bits per heavy atom. The topological polar surface area (TPSA) is 57.6 Å². The summed E-state index contributed by atoms with van der Waals surface area (Å²) in [6, 6.07) is 6.54. The Balaban J connectivity index is 2.42. The van der Waals surface area contributed by atoms with Crippen molar-refractivity contribution in [2.75, 3.05) is 7.05 Å². The van der Waals surface area contributed by atoms with Crippen molar-refractivity contribution in [2.45, 2.75) is 13.0 Å². The van der Waals surface area contributed by atoms with Crippen LogP contribution in [0.1, 0.15) is 16.6 Å². The van der Waals surface area contributed by atoms with E-state index < -0.39 is 12.0 Å². The smallest absolute Gasteiger partial charge is 0.326 e. The number of rotatable bonds is 3. The number of hydrogen-bond donors (Lipinski definition) is 1. The lowest BCUT2D eigenvalue weighted by Gasteiger charge is -2.20. The van der Waals surface area contributed by atoms with E-state index in [1.807, 2.05) is 24.3 Å². The summed E-state index contributed by atoms with van der Waals surface area (Å²) in [4.78, 5) is 24.7. The summed E-state index contributed by atoms with van der Waals surface area (Å²) in [5, 5.41) is 10.1. The van der Waals surface area contributed by atoms with Crippen molar-refractivity contribution in [2.24, 2.45) is 0 Å². The number of fused-ring (bicyclic) bond motifs is 1. The van der Waals surface area contributed by atoms with E-state index >= 15 is 0 Å². The van der Waals surface area contributed by atoms with E-state index in [2.05, 4.69) is 0 Å². The first-order chi connectivity index (χ1) is 8.93. The number of carboxylic acids is 1. The Bertz CT molecular complexity index is 652. The van der Waals surface area contributed by atoms with Crippen molar-refractivity contribution in [1.82, 2.24) is 4.90 Å². The third-order valence-electron chi connectivity index (χ3n) is 2.99. The van der Waals surface area contributed by atoms with Gasteiger partial charge in [0.15, 0.2) is 0 Å². The Hall–Kier alpha value is -1.59. The molecule has 1 N–H and O–H groups in total. The van der Waals surface area contributed by atoms with Crippen molar-refractivity contribution in [3.8, 4) is 0 Å². The van der Waals surface area contributed by atoms with Gasteiger partial charge in [-0.3, -0.25) is 4.79 Å². The van der Waals surface area contributed by atoms with Gasteiger partial charge >= 0.3 is 5.97 Å². The minimum absolute atomic E-state index is 0.374. The van der Waals surface area contributed by atoms with Gasteiger partial charge in [0, 0.05) is 17.1 Å². The van der Waals surface area contributed by atoms with Crippen LogP contribution in [0.15, 0.2) is 24.3 Å². The highest BCUT2D eigenvalue weighted by atomic mass is 35.5. The fourth-order valence-corrected chi connectivity index (χ4v) is 3.15. The number of amides is 1. The molecule has 1 aromatic carbocycles. The van der Waals surface area contributed by atoms with Crippen LogP contribution in [-0.2, 0) is 4.79 Å². The molecule has 0 bridgehead atoms. The molecule has 1 aromatic heterocycles. The molecule has 0 fully saturated rings. The van der Waals surface area contributed by atoms with Gasteiger partial charge in [-0.2, -0.15) is 0 Å². The predicted octanol–water partition coefficient (Wildman–Crippen LogP) is 3.10. The third kappa shape index (κ3) is 2.43. The number of carbonyl (C=O) groups is 2. The number of thiophene rings is 1. The van der Waals surface area contributed by atoms with Gasteiger partial charge in [0.25, 0.3) is 5.91 Å². The zero-order valence-electron chi connectivity index (χ0n) is 10.4. The summed E-state index contributed by atoms with van der Waals surface area (Å²) in [5.74, 6) is -1.42. The third-order valence-corrected chi connectivity index (χ3v) is 4.65. The van der Waals surface area contributed by atoms with Crippen LogP contribution < -0.4 is 0 Å². The van der Waals surface area contributed by atoms with Crippen LogP contribution in [0, 0.1) is 0 Å². The van der Waals surface area contributed by atoms with Crippen molar-refractivity contribution in [3.63, 3.8) is 0 Å². The molecule has 1 heterocycles. The molecular formula is C13H12ClNO3S. The molecule has 1 unspecified atom stereocenters. The van der Waals surface area contributed by atoms with E-state index in [0.717, 1.165) is 10.1 Å². The van der Waals surface area contributed by atoms with Crippen molar-refractivity contribution >= 4 is 44.9 Å². The van der Waals surface area contributed by atoms with Crippen molar-refractivity contribution in [1.29, 1.82) is 0 Å². The van der Waals surface area contributed by atoms with Gasteiger partial charge in [-0.05, 0) is 13.0 Å². The fourth-order valence-electron chi connectivity index (χ4n) is 1.65. The average molecular weight is 298 g/mol. The number of carbonyl (C=O) groups excluding carboxylic acids is 1. The fraction of sp³-hybridized carbons (Fsp3) is 0.231.